The molecule has 0 radical (unpaired) electrons. The van der Waals surface area contributed by atoms with Crippen LogP contribution in [0.25, 0.3) is 0 Å². The zero-order valence-electron chi connectivity index (χ0n) is 11.0. The summed E-state index contributed by atoms with van der Waals surface area (Å²) in [7, 11) is -2.11. The summed E-state index contributed by atoms with van der Waals surface area (Å²) in [6.07, 6.45) is 1.42. The Hall–Kier alpha value is -1.31. The van der Waals surface area contributed by atoms with Crippen LogP contribution < -0.4 is 4.72 Å². The zero-order valence-corrected chi connectivity index (χ0v) is 13.3. The molecule has 0 spiro atoms. The van der Waals surface area contributed by atoms with E-state index in [0.717, 1.165) is 0 Å². The lowest BCUT2D eigenvalue weighted by Gasteiger charge is -2.10. The van der Waals surface area contributed by atoms with Gasteiger partial charge < -0.3 is 4.57 Å². The van der Waals surface area contributed by atoms with Crippen LogP contribution in [0, 0.1) is 13.8 Å². The second-order valence-electron chi connectivity index (χ2n) is 4.27. The maximum Gasteiger partial charge on any atom is 0.281 e. The summed E-state index contributed by atoms with van der Waals surface area (Å²) < 4.78 is 28.5. The first kappa shape index (κ1) is 15.1. The van der Waals surface area contributed by atoms with E-state index in [0.29, 0.717) is 11.4 Å². The van der Waals surface area contributed by atoms with Crippen LogP contribution in [0.2, 0.25) is 10.3 Å². The first-order valence-corrected chi connectivity index (χ1v) is 7.80. The Labute approximate surface area is 126 Å². The van der Waals surface area contributed by atoms with E-state index in [1.165, 1.54) is 12.3 Å². The van der Waals surface area contributed by atoms with Crippen LogP contribution in [0.5, 0.6) is 0 Å². The van der Waals surface area contributed by atoms with Crippen molar-refractivity contribution in [3.8, 4) is 0 Å². The van der Waals surface area contributed by atoms with Gasteiger partial charge >= 0.3 is 0 Å². The third-order valence-corrected chi connectivity index (χ3v) is 4.43. The monoisotopic (exact) mass is 334 g/mol. The van der Waals surface area contributed by atoms with E-state index in [9.17, 15) is 8.42 Å². The van der Waals surface area contributed by atoms with Crippen molar-refractivity contribution in [3.63, 3.8) is 0 Å². The van der Waals surface area contributed by atoms with E-state index in [4.69, 9.17) is 23.2 Å². The molecule has 0 saturated heterocycles. The number of hydrogen-bond donors (Lipinski definition) is 1. The Morgan fingerprint density at radius 3 is 2.40 bits per heavy atom. The topological polar surface area (TPSA) is 76.9 Å². The van der Waals surface area contributed by atoms with Gasteiger partial charge in [0.15, 0.2) is 10.2 Å². The molecule has 2 aromatic rings. The van der Waals surface area contributed by atoms with E-state index in [-0.39, 0.29) is 21.0 Å². The summed E-state index contributed by atoms with van der Waals surface area (Å²) in [6.45, 7) is 3.39. The van der Waals surface area contributed by atoms with Crippen molar-refractivity contribution in [2.75, 3.05) is 4.72 Å². The first-order chi connectivity index (χ1) is 9.20. The van der Waals surface area contributed by atoms with Crippen molar-refractivity contribution in [2.45, 2.75) is 18.9 Å². The maximum absolute atomic E-state index is 12.3. The standard InChI is InChI=1S/C11H12Cl2N4O2S/c1-6-4-8(12)15-11(13)10(6)16-20(18,19)9-5-17(3)7(2)14-9/h4-5,16H,1-3H3. The SMILES string of the molecule is Cc1cc(Cl)nc(Cl)c1NS(=O)(=O)c1cn(C)c(C)n1. The smallest absolute Gasteiger partial charge is 0.281 e. The van der Waals surface area contributed by atoms with Gasteiger partial charge in [0.2, 0.25) is 0 Å². The zero-order chi connectivity index (χ0) is 15.1. The summed E-state index contributed by atoms with van der Waals surface area (Å²) in [5, 5.41) is 0.110. The molecule has 0 saturated carbocycles. The Morgan fingerprint density at radius 1 is 1.25 bits per heavy atom. The number of hydrogen-bond acceptors (Lipinski definition) is 4. The van der Waals surface area contributed by atoms with Crippen molar-refractivity contribution in [3.05, 3.63) is 34.0 Å². The van der Waals surface area contributed by atoms with Crippen LogP contribution in [0.1, 0.15) is 11.4 Å². The summed E-state index contributed by atoms with van der Waals surface area (Å²) >= 11 is 11.7. The minimum atomic E-state index is -3.82. The normalized spacial score (nSPS) is 11.7. The molecule has 2 heterocycles. The summed E-state index contributed by atoms with van der Waals surface area (Å²) in [6, 6.07) is 1.52. The predicted octanol–water partition coefficient (Wildman–Crippen LogP) is 2.54. The van der Waals surface area contributed by atoms with Gasteiger partial charge in [-0.15, -0.1) is 0 Å². The highest BCUT2D eigenvalue weighted by Crippen LogP contribution is 2.28. The summed E-state index contributed by atoms with van der Waals surface area (Å²) in [5.41, 5.74) is 0.769. The number of halogens is 2. The fourth-order valence-electron chi connectivity index (χ4n) is 1.56. The van der Waals surface area contributed by atoms with Crippen LogP contribution in [-0.4, -0.2) is 23.0 Å². The summed E-state index contributed by atoms with van der Waals surface area (Å²) in [4.78, 5) is 7.79. The molecule has 0 aliphatic rings. The number of sulfonamides is 1. The van der Waals surface area contributed by atoms with Crippen molar-refractivity contribution >= 4 is 38.9 Å². The van der Waals surface area contributed by atoms with Crippen molar-refractivity contribution in [2.24, 2.45) is 7.05 Å². The molecule has 9 heteroatoms. The average Bonchev–Trinajstić information content (AvgIpc) is 2.65. The third kappa shape index (κ3) is 2.89. The highest BCUT2D eigenvalue weighted by Gasteiger charge is 2.21. The molecule has 0 aromatic carbocycles. The maximum atomic E-state index is 12.3. The van der Waals surface area contributed by atoms with Gasteiger partial charge in [-0.1, -0.05) is 23.2 Å². The number of aromatic nitrogens is 3. The van der Waals surface area contributed by atoms with Crippen molar-refractivity contribution in [1.29, 1.82) is 0 Å². The minimum absolute atomic E-state index is 0.00812. The van der Waals surface area contributed by atoms with Gasteiger partial charge in [-0.25, -0.2) is 9.97 Å². The molecule has 6 nitrogen and oxygen atoms in total. The molecular weight excluding hydrogens is 323 g/mol. The van der Waals surface area contributed by atoms with E-state index < -0.39 is 10.0 Å². The largest absolute Gasteiger partial charge is 0.337 e. The van der Waals surface area contributed by atoms with Gasteiger partial charge in [0.1, 0.15) is 11.0 Å². The van der Waals surface area contributed by atoms with E-state index in [1.807, 2.05) is 0 Å². The van der Waals surface area contributed by atoms with Gasteiger partial charge in [-0.2, -0.15) is 8.42 Å². The molecule has 108 valence electrons. The van der Waals surface area contributed by atoms with Crippen LogP contribution in [-0.2, 0) is 17.1 Å². The lowest BCUT2D eigenvalue weighted by atomic mass is 10.3. The molecule has 0 amide bonds. The lowest BCUT2D eigenvalue weighted by Crippen LogP contribution is -2.15. The molecule has 0 atom stereocenters. The van der Waals surface area contributed by atoms with Gasteiger partial charge in [-0.3, -0.25) is 4.72 Å². The second-order valence-corrected chi connectivity index (χ2v) is 6.64. The second kappa shape index (κ2) is 5.23. The molecule has 20 heavy (non-hydrogen) atoms. The van der Waals surface area contributed by atoms with Crippen LogP contribution in [0.3, 0.4) is 0 Å². The van der Waals surface area contributed by atoms with Gasteiger partial charge in [0.25, 0.3) is 10.0 Å². The minimum Gasteiger partial charge on any atom is -0.337 e. The Morgan fingerprint density at radius 2 is 1.90 bits per heavy atom. The summed E-state index contributed by atoms with van der Waals surface area (Å²) in [5.74, 6) is 0.586. The predicted molar refractivity (Wildman–Crippen MR) is 77.7 cm³/mol. The average molecular weight is 335 g/mol. The molecule has 0 aliphatic heterocycles. The first-order valence-electron chi connectivity index (χ1n) is 5.56. The molecular formula is C11H12Cl2N4O2S. The highest BCUT2D eigenvalue weighted by atomic mass is 35.5. The van der Waals surface area contributed by atoms with Crippen molar-refractivity contribution < 1.29 is 8.42 Å². The number of anilines is 1. The number of imidazole rings is 1. The van der Waals surface area contributed by atoms with Crippen LogP contribution in [0.15, 0.2) is 17.3 Å². The number of nitrogens with one attached hydrogen (secondary N) is 1. The molecule has 2 aromatic heterocycles. The fourth-order valence-corrected chi connectivity index (χ4v) is 3.38. The van der Waals surface area contributed by atoms with Gasteiger partial charge in [0, 0.05) is 13.2 Å². The van der Waals surface area contributed by atoms with Crippen molar-refractivity contribution in [1.82, 2.24) is 14.5 Å². The molecule has 0 aliphatic carbocycles. The van der Waals surface area contributed by atoms with E-state index in [2.05, 4.69) is 14.7 Å². The van der Waals surface area contributed by atoms with Gasteiger partial charge in [0.05, 0.1) is 5.69 Å². The van der Waals surface area contributed by atoms with E-state index >= 15 is 0 Å². The Balaban J connectivity index is 2.43. The molecule has 1 N–H and O–H groups in total. The fraction of sp³-hybridized carbons (Fsp3) is 0.273. The molecule has 2 rings (SSSR count). The number of nitrogens with zero attached hydrogens (tertiary/aromatic N) is 3. The molecule has 0 unspecified atom stereocenters. The quantitative estimate of drug-likeness (QED) is 0.875. The lowest BCUT2D eigenvalue weighted by molar-refractivity contribution is 0.598. The number of rotatable bonds is 3. The molecule has 0 fully saturated rings. The molecule has 0 bridgehead atoms. The number of aryl methyl sites for hydroxylation is 3. The van der Waals surface area contributed by atoms with Crippen LogP contribution in [0.4, 0.5) is 5.69 Å². The Bertz CT molecular complexity index is 728. The van der Waals surface area contributed by atoms with E-state index in [1.54, 1.807) is 25.5 Å². The van der Waals surface area contributed by atoms with Gasteiger partial charge in [-0.05, 0) is 25.5 Å². The van der Waals surface area contributed by atoms with Crippen LogP contribution >= 0.6 is 23.2 Å². The third-order valence-electron chi connectivity index (χ3n) is 2.74. The Kier molecular flexibility index (Phi) is 3.95. The highest BCUT2D eigenvalue weighted by molar-refractivity contribution is 7.92. The number of pyridine rings is 1.